The smallest absolute Gasteiger partial charge is 0.311 e. The van der Waals surface area contributed by atoms with E-state index in [2.05, 4.69) is 17.1 Å². The van der Waals surface area contributed by atoms with Crippen molar-refractivity contribution in [2.24, 2.45) is 0 Å². The van der Waals surface area contributed by atoms with Crippen LogP contribution >= 0.6 is 0 Å². The van der Waals surface area contributed by atoms with Crippen LogP contribution in [-0.2, 0) is 0 Å². The number of methoxy groups -OCH3 is 1. The molecule has 1 saturated heterocycles. The molecule has 1 heterocycles. The van der Waals surface area contributed by atoms with Crippen molar-refractivity contribution in [3.63, 3.8) is 0 Å². The van der Waals surface area contributed by atoms with Crippen LogP contribution in [0.1, 0.15) is 26.2 Å². The molecule has 0 bridgehead atoms. The third-order valence-corrected chi connectivity index (χ3v) is 3.99. The van der Waals surface area contributed by atoms with Gasteiger partial charge in [0.2, 0.25) is 0 Å². The first kappa shape index (κ1) is 15.6. The summed E-state index contributed by atoms with van der Waals surface area (Å²) in [5, 5.41) is 14.2. The Balaban J connectivity index is 1.94. The van der Waals surface area contributed by atoms with Gasteiger partial charge in [-0.25, -0.2) is 0 Å². The number of likely N-dealkylation sites (tertiary alicyclic amines) is 1. The van der Waals surface area contributed by atoms with Crippen molar-refractivity contribution in [2.75, 3.05) is 32.1 Å². The minimum atomic E-state index is -0.432. The number of benzene rings is 1. The minimum Gasteiger partial charge on any atom is -0.490 e. The Kier molecular flexibility index (Phi) is 5.38. The van der Waals surface area contributed by atoms with Crippen LogP contribution in [0.3, 0.4) is 0 Å². The highest BCUT2D eigenvalue weighted by atomic mass is 16.6. The summed E-state index contributed by atoms with van der Waals surface area (Å²) in [5.74, 6) is 0.288. The lowest BCUT2D eigenvalue weighted by Crippen LogP contribution is -2.41. The van der Waals surface area contributed by atoms with Crippen LogP contribution in [0.25, 0.3) is 0 Å². The highest BCUT2D eigenvalue weighted by molar-refractivity contribution is 5.58. The molecular formula is C15H23N3O3. The zero-order valence-electron chi connectivity index (χ0n) is 12.7. The Morgan fingerprint density at radius 3 is 2.71 bits per heavy atom. The number of piperidine rings is 1. The van der Waals surface area contributed by atoms with E-state index in [4.69, 9.17) is 4.74 Å². The van der Waals surface area contributed by atoms with Gasteiger partial charge in [-0.1, -0.05) is 6.42 Å². The molecule has 1 aliphatic heterocycles. The maximum absolute atomic E-state index is 10.9. The molecule has 0 aromatic heterocycles. The predicted octanol–water partition coefficient (Wildman–Crippen LogP) is 2.89. The summed E-state index contributed by atoms with van der Waals surface area (Å²) in [4.78, 5) is 12.9. The fraction of sp³-hybridized carbons (Fsp3) is 0.600. The van der Waals surface area contributed by atoms with Gasteiger partial charge in [0.05, 0.1) is 12.0 Å². The van der Waals surface area contributed by atoms with E-state index >= 15 is 0 Å². The van der Waals surface area contributed by atoms with Crippen molar-refractivity contribution in [3.05, 3.63) is 28.3 Å². The lowest BCUT2D eigenvalue weighted by atomic mass is 10.1. The summed E-state index contributed by atoms with van der Waals surface area (Å²) >= 11 is 0. The molecule has 2 rings (SSSR count). The number of ether oxygens (including phenoxy) is 1. The second-order valence-electron chi connectivity index (χ2n) is 5.47. The van der Waals surface area contributed by atoms with Crippen molar-refractivity contribution in [2.45, 2.75) is 32.2 Å². The van der Waals surface area contributed by atoms with Crippen LogP contribution < -0.4 is 10.1 Å². The van der Waals surface area contributed by atoms with Crippen molar-refractivity contribution >= 4 is 11.4 Å². The van der Waals surface area contributed by atoms with Gasteiger partial charge in [-0.05, 0) is 38.9 Å². The Bertz CT molecular complexity index is 487. The second-order valence-corrected chi connectivity index (χ2v) is 5.47. The van der Waals surface area contributed by atoms with Crippen molar-refractivity contribution in [3.8, 4) is 5.75 Å². The van der Waals surface area contributed by atoms with Gasteiger partial charge in [0.1, 0.15) is 0 Å². The van der Waals surface area contributed by atoms with Crippen LogP contribution in [0.4, 0.5) is 11.4 Å². The monoisotopic (exact) mass is 293 g/mol. The van der Waals surface area contributed by atoms with E-state index in [0.29, 0.717) is 6.04 Å². The predicted molar refractivity (Wildman–Crippen MR) is 83.0 cm³/mol. The number of hydrogen-bond acceptors (Lipinski definition) is 5. The average Bonchev–Trinajstić information content (AvgIpc) is 2.52. The molecule has 1 fully saturated rings. The van der Waals surface area contributed by atoms with Crippen molar-refractivity contribution in [1.29, 1.82) is 0 Å². The van der Waals surface area contributed by atoms with E-state index in [1.54, 1.807) is 12.1 Å². The molecule has 21 heavy (non-hydrogen) atoms. The first-order valence-electron chi connectivity index (χ1n) is 7.42. The summed E-state index contributed by atoms with van der Waals surface area (Å²) in [6.07, 6.45) is 3.88. The van der Waals surface area contributed by atoms with Crippen LogP contribution in [0.15, 0.2) is 18.2 Å². The van der Waals surface area contributed by atoms with Crippen molar-refractivity contribution in [1.82, 2.24) is 4.90 Å². The van der Waals surface area contributed by atoms with E-state index in [-0.39, 0.29) is 11.4 Å². The number of hydrogen-bond donors (Lipinski definition) is 1. The SMILES string of the molecule is COc1cc(NCC(C)N2CCCCC2)ccc1[N+](=O)[O-]. The number of nitro benzene ring substituents is 1. The molecule has 1 unspecified atom stereocenters. The molecule has 0 aliphatic carbocycles. The molecule has 116 valence electrons. The van der Waals surface area contributed by atoms with E-state index in [9.17, 15) is 10.1 Å². The standard InChI is InChI=1S/C15H23N3O3/c1-12(17-8-4-3-5-9-17)11-16-13-6-7-14(18(19)20)15(10-13)21-2/h6-7,10,12,16H,3-5,8-9,11H2,1-2H3. The van der Waals surface area contributed by atoms with Gasteiger partial charge in [-0.2, -0.15) is 0 Å². The van der Waals surface area contributed by atoms with E-state index in [1.807, 2.05) is 0 Å². The van der Waals surface area contributed by atoms with Gasteiger partial charge in [0.25, 0.3) is 0 Å². The Labute approximate surface area is 125 Å². The molecule has 1 atom stereocenters. The lowest BCUT2D eigenvalue weighted by Gasteiger charge is -2.32. The summed E-state index contributed by atoms with van der Waals surface area (Å²) in [6.45, 7) is 5.35. The molecule has 0 amide bonds. The number of nitrogens with one attached hydrogen (secondary N) is 1. The largest absolute Gasteiger partial charge is 0.490 e. The molecule has 1 aliphatic rings. The highest BCUT2D eigenvalue weighted by Gasteiger charge is 2.17. The average molecular weight is 293 g/mol. The first-order valence-corrected chi connectivity index (χ1v) is 7.42. The molecule has 0 spiro atoms. The van der Waals surface area contributed by atoms with Gasteiger partial charge in [0, 0.05) is 30.4 Å². The molecule has 1 aromatic rings. The quantitative estimate of drug-likeness (QED) is 0.645. The summed E-state index contributed by atoms with van der Waals surface area (Å²) in [7, 11) is 1.45. The van der Waals surface area contributed by atoms with Gasteiger partial charge >= 0.3 is 5.69 Å². The fourth-order valence-corrected chi connectivity index (χ4v) is 2.69. The van der Waals surface area contributed by atoms with Gasteiger partial charge in [-0.15, -0.1) is 0 Å². The zero-order valence-corrected chi connectivity index (χ0v) is 12.7. The fourth-order valence-electron chi connectivity index (χ4n) is 2.69. The molecule has 0 saturated carbocycles. The van der Waals surface area contributed by atoms with E-state index in [1.165, 1.54) is 32.4 Å². The number of nitrogens with zero attached hydrogens (tertiary/aromatic N) is 2. The molecule has 0 radical (unpaired) electrons. The van der Waals surface area contributed by atoms with E-state index < -0.39 is 4.92 Å². The Morgan fingerprint density at radius 2 is 2.10 bits per heavy atom. The van der Waals surface area contributed by atoms with Crippen LogP contribution in [0.2, 0.25) is 0 Å². The highest BCUT2D eigenvalue weighted by Crippen LogP contribution is 2.29. The van der Waals surface area contributed by atoms with Crippen LogP contribution in [0.5, 0.6) is 5.75 Å². The zero-order chi connectivity index (χ0) is 15.2. The van der Waals surface area contributed by atoms with Crippen LogP contribution in [-0.4, -0.2) is 42.6 Å². The summed E-state index contributed by atoms with van der Waals surface area (Å²) < 4.78 is 5.08. The number of rotatable bonds is 6. The van der Waals surface area contributed by atoms with E-state index in [0.717, 1.165) is 25.3 Å². The normalized spacial score (nSPS) is 17.2. The van der Waals surface area contributed by atoms with Crippen molar-refractivity contribution < 1.29 is 9.66 Å². The van der Waals surface area contributed by atoms with Gasteiger partial charge < -0.3 is 10.1 Å². The topological polar surface area (TPSA) is 67.6 Å². The Hall–Kier alpha value is -1.82. The first-order chi connectivity index (χ1) is 10.1. The summed E-state index contributed by atoms with van der Waals surface area (Å²) in [6, 6.07) is 5.34. The van der Waals surface area contributed by atoms with Gasteiger partial charge in [-0.3, -0.25) is 15.0 Å². The van der Waals surface area contributed by atoms with Gasteiger partial charge in [0.15, 0.2) is 5.75 Å². The third kappa shape index (κ3) is 4.07. The third-order valence-electron chi connectivity index (χ3n) is 3.99. The second kappa shape index (κ2) is 7.26. The molecular weight excluding hydrogens is 270 g/mol. The summed E-state index contributed by atoms with van der Waals surface area (Å²) in [5.41, 5.74) is 0.841. The molecule has 1 N–H and O–H groups in total. The maximum Gasteiger partial charge on any atom is 0.311 e. The molecule has 6 nitrogen and oxygen atoms in total. The minimum absolute atomic E-state index is 0.00729. The number of anilines is 1. The van der Waals surface area contributed by atoms with Crippen LogP contribution in [0, 0.1) is 10.1 Å². The lowest BCUT2D eigenvalue weighted by molar-refractivity contribution is -0.385. The number of nitro groups is 1. The maximum atomic E-state index is 10.9. The Morgan fingerprint density at radius 1 is 1.38 bits per heavy atom. The molecule has 1 aromatic carbocycles. The molecule has 6 heteroatoms.